The number of hydrogen-bond acceptors (Lipinski definition) is 5. The van der Waals surface area contributed by atoms with Gasteiger partial charge in [-0.05, 0) is 26.0 Å². The van der Waals surface area contributed by atoms with E-state index < -0.39 is 0 Å². The van der Waals surface area contributed by atoms with Gasteiger partial charge in [0.1, 0.15) is 11.3 Å². The molecule has 0 bridgehead atoms. The number of halogens is 1. The third-order valence-electron chi connectivity index (χ3n) is 3.07. The maximum atomic E-state index is 6.24. The number of nitrogens with one attached hydrogen (secondary N) is 1. The summed E-state index contributed by atoms with van der Waals surface area (Å²) in [5, 5.41) is 7.95. The molecule has 0 fully saturated rings. The molecule has 1 N–H and O–H groups in total. The first kappa shape index (κ1) is 12.4. The van der Waals surface area contributed by atoms with Crippen LogP contribution in [-0.2, 0) is 6.54 Å². The Morgan fingerprint density at radius 1 is 1.37 bits per heavy atom. The third kappa shape index (κ3) is 2.19. The lowest BCUT2D eigenvalue weighted by Gasteiger charge is -2.08. The minimum atomic E-state index is 0.623. The van der Waals surface area contributed by atoms with Crippen LogP contribution in [0.4, 0.5) is 5.69 Å². The number of anilines is 1. The molecule has 19 heavy (non-hydrogen) atoms. The van der Waals surface area contributed by atoms with Crippen LogP contribution in [0.25, 0.3) is 10.2 Å². The smallest absolute Gasteiger partial charge is 0.138 e. The summed E-state index contributed by atoms with van der Waals surface area (Å²) >= 11 is 7.84. The van der Waals surface area contributed by atoms with E-state index in [1.165, 1.54) is 0 Å². The lowest BCUT2D eigenvalue weighted by Crippen LogP contribution is -2.02. The van der Waals surface area contributed by atoms with Crippen molar-refractivity contribution < 1.29 is 4.52 Å². The fourth-order valence-electron chi connectivity index (χ4n) is 2.01. The molecular formula is C13H12ClN3OS. The van der Waals surface area contributed by atoms with Gasteiger partial charge in [0.15, 0.2) is 0 Å². The van der Waals surface area contributed by atoms with Gasteiger partial charge in [-0.1, -0.05) is 16.8 Å². The van der Waals surface area contributed by atoms with Gasteiger partial charge in [0.05, 0.1) is 26.6 Å². The van der Waals surface area contributed by atoms with Crippen molar-refractivity contribution in [3.8, 4) is 0 Å². The van der Waals surface area contributed by atoms with E-state index in [0.717, 1.165) is 32.9 Å². The topological polar surface area (TPSA) is 51.0 Å². The van der Waals surface area contributed by atoms with Gasteiger partial charge in [-0.15, -0.1) is 11.3 Å². The van der Waals surface area contributed by atoms with Crippen molar-refractivity contribution in [1.82, 2.24) is 10.1 Å². The number of rotatable bonds is 3. The van der Waals surface area contributed by atoms with Crippen molar-refractivity contribution in [3.05, 3.63) is 39.7 Å². The summed E-state index contributed by atoms with van der Waals surface area (Å²) in [5.41, 5.74) is 5.54. The number of hydrogen-bond donors (Lipinski definition) is 1. The molecule has 0 saturated carbocycles. The van der Waals surface area contributed by atoms with Crippen LogP contribution in [0.1, 0.15) is 17.0 Å². The lowest BCUT2D eigenvalue weighted by molar-refractivity contribution is 0.392. The number of thiazole rings is 1. The Morgan fingerprint density at radius 3 is 2.95 bits per heavy atom. The van der Waals surface area contributed by atoms with E-state index in [9.17, 15) is 0 Å². The van der Waals surface area contributed by atoms with E-state index >= 15 is 0 Å². The molecule has 2 aromatic heterocycles. The Hall–Kier alpha value is -1.59. The van der Waals surface area contributed by atoms with Gasteiger partial charge in [-0.25, -0.2) is 4.98 Å². The largest absolute Gasteiger partial charge is 0.378 e. The van der Waals surface area contributed by atoms with Gasteiger partial charge < -0.3 is 9.84 Å². The molecule has 4 nitrogen and oxygen atoms in total. The second kappa shape index (κ2) is 4.83. The van der Waals surface area contributed by atoms with Crippen LogP contribution < -0.4 is 5.32 Å². The van der Waals surface area contributed by atoms with E-state index in [4.69, 9.17) is 16.1 Å². The molecule has 0 spiro atoms. The number of aryl methyl sites for hydroxylation is 2. The second-order valence-corrected chi connectivity index (χ2v) is 5.57. The summed E-state index contributed by atoms with van der Waals surface area (Å²) in [6.45, 7) is 4.46. The number of aromatic nitrogens is 2. The Balaban J connectivity index is 1.93. The predicted octanol–water partition coefficient (Wildman–Crippen LogP) is 4.17. The maximum Gasteiger partial charge on any atom is 0.138 e. The Labute approximate surface area is 119 Å². The Kier molecular flexibility index (Phi) is 3.16. The summed E-state index contributed by atoms with van der Waals surface area (Å²) in [5.74, 6) is 0.826. The van der Waals surface area contributed by atoms with Crippen molar-refractivity contribution in [2.45, 2.75) is 20.4 Å². The van der Waals surface area contributed by atoms with Gasteiger partial charge in [0.2, 0.25) is 0 Å². The third-order valence-corrected chi connectivity index (χ3v) is 4.18. The molecule has 6 heteroatoms. The summed E-state index contributed by atoms with van der Waals surface area (Å²) in [6, 6.07) is 3.87. The molecule has 3 rings (SSSR count). The highest BCUT2D eigenvalue weighted by atomic mass is 35.5. The molecule has 3 aromatic rings. The highest BCUT2D eigenvalue weighted by molar-refractivity contribution is 7.16. The van der Waals surface area contributed by atoms with Crippen LogP contribution in [0.2, 0.25) is 5.02 Å². The zero-order valence-corrected chi connectivity index (χ0v) is 12.1. The highest BCUT2D eigenvalue weighted by Gasteiger charge is 2.12. The minimum absolute atomic E-state index is 0.623. The molecule has 0 aliphatic heterocycles. The Bertz CT molecular complexity index is 715. The summed E-state index contributed by atoms with van der Waals surface area (Å²) in [6.07, 6.45) is 0. The minimum Gasteiger partial charge on any atom is -0.378 e. The Morgan fingerprint density at radius 2 is 2.21 bits per heavy atom. The molecule has 0 aliphatic rings. The van der Waals surface area contributed by atoms with Crippen LogP contribution in [0, 0.1) is 13.8 Å². The first-order valence-corrected chi connectivity index (χ1v) is 7.10. The van der Waals surface area contributed by atoms with E-state index in [-0.39, 0.29) is 0 Å². The van der Waals surface area contributed by atoms with Crippen LogP contribution in [0.5, 0.6) is 0 Å². The lowest BCUT2D eigenvalue weighted by atomic mass is 10.2. The van der Waals surface area contributed by atoms with Gasteiger partial charge in [0.25, 0.3) is 0 Å². The van der Waals surface area contributed by atoms with Crippen molar-refractivity contribution in [3.63, 3.8) is 0 Å². The van der Waals surface area contributed by atoms with Crippen molar-refractivity contribution in [1.29, 1.82) is 0 Å². The van der Waals surface area contributed by atoms with Crippen LogP contribution in [0.3, 0.4) is 0 Å². The molecule has 0 amide bonds. The normalized spacial score (nSPS) is 11.1. The van der Waals surface area contributed by atoms with Crippen LogP contribution >= 0.6 is 22.9 Å². The summed E-state index contributed by atoms with van der Waals surface area (Å²) in [7, 11) is 0. The fourth-order valence-corrected chi connectivity index (χ4v) is 2.91. The molecule has 0 unspecified atom stereocenters. The van der Waals surface area contributed by atoms with Gasteiger partial charge in [0, 0.05) is 12.1 Å². The first-order valence-electron chi connectivity index (χ1n) is 5.84. The molecule has 0 atom stereocenters. The number of fused-ring (bicyclic) bond motifs is 1. The standard InChI is InChI=1S/C13H12ClN3OS/c1-7-9(8(2)18-17-7)5-15-12-10(14)3-4-11-13(12)16-6-19-11/h3-4,6,15H,5H2,1-2H3. The van der Waals surface area contributed by atoms with E-state index in [0.29, 0.717) is 11.6 Å². The van der Waals surface area contributed by atoms with E-state index in [1.807, 2.05) is 31.5 Å². The average Bonchev–Trinajstić information content (AvgIpc) is 2.97. The van der Waals surface area contributed by atoms with Crippen molar-refractivity contribution in [2.24, 2.45) is 0 Å². The molecule has 1 aromatic carbocycles. The monoisotopic (exact) mass is 293 g/mol. The van der Waals surface area contributed by atoms with Gasteiger partial charge in [-0.3, -0.25) is 0 Å². The van der Waals surface area contributed by atoms with Crippen molar-refractivity contribution in [2.75, 3.05) is 5.32 Å². The molecule has 98 valence electrons. The molecule has 2 heterocycles. The zero-order valence-electron chi connectivity index (χ0n) is 10.5. The second-order valence-electron chi connectivity index (χ2n) is 4.28. The maximum absolute atomic E-state index is 6.24. The summed E-state index contributed by atoms with van der Waals surface area (Å²) < 4.78 is 6.27. The average molecular weight is 294 g/mol. The zero-order chi connectivity index (χ0) is 13.4. The number of nitrogens with zero attached hydrogens (tertiary/aromatic N) is 2. The fraction of sp³-hybridized carbons (Fsp3) is 0.231. The number of benzene rings is 1. The molecule has 0 aliphatic carbocycles. The quantitative estimate of drug-likeness (QED) is 0.787. The van der Waals surface area contributed by atoms with Crippen LogP contribution in [-0.4, -0.2) is 10.1 Å². The highest BCUT2D eigenvalue weighted by Crippen LogP contribution is 2.32. The molecule has 0 radical (unpaired) electrons. The molecular weight excluding hydrogens is 282 g/mol. The van der Waals surface area contributed by atoms with Gasteiger partial charge in [-0.2, -0.15) is 0 Å². The van der Waals surface area contributed by atoms with E-state index in [2.05, 4.69) is 15.5 Å². The molecule has 0 saturated heterocycles. The van der Waals surface area contributed by atoms with Crippen LogP contribution in [0.15, 0.2) is 22.2 Å². The van der Waals surface area contributed by atoms with Gasteiger partial charge >= 0.3 is 0 Å². The SMILES string of the molecule is Cc1noc(C)c1CNc1c(Cl)ccc2scnc12. The van der Waals surface area contributed by atoms with Crippen molar-refractivity contribution >= 4 is 38.8 Å². The summed E-state index contributed by atoms with van der Waals surface area (Å²) in [4.78, 5) is 4.36. The predicted molar refractivity (Wildman–Crippen MR) is 77.9 cm³/mol. The van der Waals surface area contributed by atoms with E-state index in [1.54, 1.807) is 11.3 Å². The first-order chi connectivity index (χ1) is 9.16.